The zero-order chi connectivity index (χ0) is 11.2. The van der Waals surface area contributed by atoms with Crippen LogP contribution in [-0.4, -0.2) is 18.5 Å². The summed E-state index contributed by atoms with van der Waals surface area (Å²) >= 11 is 0. The first kappa shape index (κ1) is 11.4. The van der Waals surface area contributed by atoms with Gasteiger partial charge in [0.25, 0.3) is 0 Å². The zero-order valence-corrected chi connectivity index (χ0v) is 9.48. The van der Waals surface area contributed by atoms with Crippen LogP contribution in [0.5, 0.6) is 0 Å². The Bertz CT molecular complexity index is 308. The smallest absolute Gasteiger partial charge is 0.223 e. The van der Waals surface area contributed by atoms with Gasteiger partial charge in [-0.1, -0.05) is 25.7 Å². The molecule has 88 valence electrons. The van der Waals surface area contributed by atoms with Gasteiger partial charge in [0.05, 0.1) is 12.4 Å². The van der Waals surface area contributed by atoms with E-state index in [1.807, 2.05) is 0 Å². The lowest BCUT2D eigenvalue weighted by Gasteiger charge is -2.13. The van der Waals surface area contributed by atoms with E-state index < -0.39 is 0 Å². The highest BCUT2D eigenvalue weighted by Crippen LogP contribution is 2.19. The third-order valence-electron chi connectivity index (χ3n) is 3.05. The van der Waals surface area contributed by atoms with E-state index in [1.54, 1.807) is 12.1 Å². The summed E-state index contributed by atoms with van der Waals surface area (Å²) in [5.41, 5.74) is 0. The summed E-state index contributed by atoms with van der Waals surface area (Å²) < 4.78 is 10.7. The molecule has 2 rings (SSSR count). The molecule has 0 unspecified atom stereocenters. The van der Waals surface area contributed by atoms with E-state index >= 15 is 0 Å². The number of carbonyl (C=O) groups excluding carboxylic acids is 1. The third kappa shape index (κ3) is 3.20. The Morgan fingerprint density at radius 1 is 1.31 bits per heavy atom. The fourth-order valence-corrected chi connectivity index (χ4v) is 2.11. The number of ketones is 1. The number of furan rings is 1. The van der Waals surface area contributed by atoms with Crippen molar-refractivity contribution in [1.82, 2.24) is 0 Å². The number of hydrogen-bond acceptors (Lipinski definition) is 3. The molecule has 0 N–H and O–H groups in total. The average Bonchev–Trinajstić information content (AvgIpc) is 2.71. The summed E-state index contributed by atoms with van der Waals surface area (Å²) in [6, 6.07) is 3.40. The van der Waals surface area contributed by atoms with Gasteiger partial charge >= 0.3 is 0 Å². The Balaban J connectivity index is 1.76. The van der Waals surface area contributed by atoms with Crippen LogP contribution in [0.25, 0.3) is 0 Å². The summed E-state index contributed by atoms with van der Waals surface area (Å²) in [5, 5.41) is 0. The number of carbonyl (C=O) groups is 1. The normalized spacial score (nSPS) is 18.2. The minimum atomic E-state index is -0.0609. The van der Waals surface area contributed by atoms with E-state index in [0.717, 1.165) is 12.8 Å². The molecule has 0 spiro atoms. The summed E-state index contributed by atoms with van der Waals surface area (Å²) in [5.74, 6) is 0.336. The molecule has 3 nitrogen and oxygen atoms in total. The summed E-state index contributed by atoms with van der Waals surface area (Å²) in [7, 11) is 0. The fraction of sp³-hybridized carbons (Fsp3) is 0.615. The SMILES string of the molecule is O=C(COC1CCCCCC1)c1ccco1. The average molecular weight is 222 g/mol. The molecular formula is C13H18O3. The number of hydrogen-bond donors (Lipinski definition) is 0. The predicted octanol–water partition coefficient (Wildman–Crippen LogP) is 3.20. The summed E-state index contributed by atoms with van der Waals surface area (Å²) in [6.45, 7) is 0.151. The Hall–Kier alpha value is -1.09. The molecule has 0 bridgehead atoms. The second kappa shape index (κ2) is 5.85. The van der Waals surface area contributed by atoms with Crippen molar-refractivity contribution in [3.8, 4) is 0 Å². The first-order chi connectivity index (χ1) is 7.86. The lowest BCUT2D eigenvalue weighted by Crippen LogP contribution is -2.17. The molecule has 1 heterocycles. The Kier molecular flexibility index (Phi) is 4.17. The molecule has 0 amide bonds. The van der Waals surface area contributed by atoms with E-state index in [2.05, 4.69) is 0 Å². The van der Waals surface area contributed by atoms with Crippen LogP contribution in [0.2, 0.25) is 0 Å². The first-order valence-corrected chi connectivity index (χ1v) is 6.04. The van der Waals surface area contributed by atoms with Crippen LogP contribution in [0.15, 0.2) is 22.8 Å². The van der Waals surface area contributed by atoms with Gasteiger partial charge in [0.15, 0.2) is 5.76 Å². The first-order valence-electron chi connectivity index (χ1n) is 6.04. The van der Waals surface area contributed by atoms with Crippen LogP contribution in [0.3, 0.4) is 0 Å². The van der Waals surface area contributed by atoms with Crippen molar-refractivity contribution in [1.29, 1.82) is 0 Å². The highest BCUT2D eigenvalue weighted by molar-refractivity contribution is 5.94. The lowest BCUT2D eigenvalue weighted by atomic mass is 10.1. The summed E-state index contributed by atoms with van der Waals surface area (Å²) in [6.07, 6.45) is 8.99. The lowest BCUT2D eigenvalue weighted by molar-refractivity contribution is 0.0373. The topological polar surface area (TPSA) is 39.4 Å². The maximum Gasteiger partial charge on any atom is 0.223 e. The minimum Gasteiger partial charge on any atom is -0.461 e. The van der Waals surface area contributed by atoms with E-state index in [9.17, 15) is 4.79 Å². The van der Waals surface area contributed by atoms with Gasteiger partial charge < -0.3 is 9.15 Å². The van der Waals surface area contributed by atoms with E-state index in [-0.39, 0.29) is 18.5 Å². The van der Waals surface area contributed by atoms with Crippen molar-refractivity contribution in [2.75, 3.05) is 6.61 Å². The van der Waals surface area contributed by atoms with Crippen LogP contribution in [0.1, 0.15) is 49.1 Å². The second-order valence-corrected chi connectivity index (χ2v) is 4.33. The van der Waals surface area contributed by atoms with E-state index in [4.69, 9.17) is 9.15 Å². The van der Waals surface area contributed by atoms with Gasteiger partial charge in [0.2, 0.25) is 5.78 Å². The monoisotopic (exact) mass is 222 g/mol. The van der Waals surface area contributed by atoms with Gasteiger partial charge in [-0.3, -0.25) is 4.79 Å². The molecule has 1 aromatic rings. The van der Waals surface area contributed by atoms with Crippen LogP contribution in [0, 0.1) is 0 Å². The van der Waals surface area contributed by atoms with Crippen molar-refractivity contribution < 1.29 is 13.9 Å². The van der Waals surface area contributed by atoms with Gasteiger partial charge in [-0.05, 0) is 25.0 Å². The Labute approximate surface area is 95.8 Å². The van der Waals surface area contributed by atoms with Crippen molar-refractivity contribution >= 4 is 5.78 Å². The Morgan fingerprint density at radius 2 is 2.06 bits per heavy atom. The molecule has 0 saturated heterocycles. The predicted molar refractivity (Wildman–Crippen MR) is 60.5 cm³/mol. The molecule has 1 aromatic heterocycles. The quantitative estimate of drug-likeness (QED) is 0.580. The maximum atomic E-state index is 11.6. The molecule has 0 aliphatic heterocycles. The molecule has 1 aliphatic carbocycles. The van der Waals surface area contributed by atoms with E-state index in [1.165, 1.54) is 31.9 Å². The highest BCUT2D eigenvalue weighted by atomic mass is 16.5. The van der Waals surface area contributed by atoms with Gasteiger partial charge in [-0.25, -0.2) is 0 Å². The molecule has 1 aliphatic rings. The van der Waals surface area contributed by atoms with Crippen molar-refractivity contribution in [3.63, 3.8) is 0 Å². The number of rotatable bonds is 4. The third-order valence-corrected chi connectivity index (χ3v) is 3.05. The van der Waals surface area contributed by atoms with Gasteiger partial charge in [-0.15, -0.1) is 0 Å². The van der Waals surface area contributed by atoms with Crippen LogP contribution < -0.4 is 0 Å². The molecule has 1 saturated carbocycles. The second-order valence-electron chi connectivity index (χ2n) is 4.33. The van der Waals surface area contributed by atoms with Gasteiger partial charge in [0.1, 0.15) is 6.61 Å². The molecular weight excluding hydrogens is 204 g/mol. The van der Waals surface area contributed by atoms with E-state index in [0.29, 0.717) is 5.76 Å². The van der Waals surface area contributed by atoms with Crippen LogP contribution in [0.4, 0.5) is 0 Å². The number of Topliss-reactive ketones (excluding diaryl/α,β-unsaturated/α-hetero) is 1. The van der Waals surface area contributed by atoms with Crippen molar-refractivity contribution in [2.24, 2.45) is 0 Å². The maximum absolute atomic E-state index is 11.6. The molecule has 16 heavy (non-hydrogen) atoms. The van der Waals surface area contributed by atoms with Crippen molar-refractivity contribution in [2.45, 2.75) is 44.6 Å². The zero-order valence-electron chi connectivity index (χ0n) is 9.48. The molecule has 0 aromatic carbocycles. The van der Waals surface area contributed by atoms with Gasteiger partial charge in [-0.2, -0.15) is 0 Å². The molecule has 0 atom stereocenters. The minimum absolute atomic E-state index is 0.0609. The largest absolute Gasteiger partial charge is 0.461 e. The molecule has 0 radical (unpaired) electrons. The highest BCUT2D eigenvalue weighted by Gasteiger charge is 2.15. The Morgan fingerprint density at radius 3 is 2.69 bits per heavy atom. The van der Waals surface area contributed by atoms with Gasteiger partial charge in [0, 0.05) is 0 Å². The number of ether oxygens (including phenoxy) is 1. The van der Waals surface area contributed by atoms with Crippen LogP contribution >= 0.6 is 0 Å². The fourth-order valence-electron chi connectivity index (χ4n) is 2.11. The summed E-state index contributed by atoms with van der Waals surface area (Å²) in [4.78, 5) is 11.6. The standard InChI is InChI=1S/C13H18O3/c14-12(13-8-5-9-15-13)10-16-11-6-3-1-2-4-7-11/h5,8-9,11H,1-4,6-7,10H2. The molecule has 3 heteroatoms. The molecule has 1 fully saturated rings. The van der Waals surface area contributed by atoms with Crippen molar-refractivity contribution in [3.05, 3.63) is 24.2 Å². The van der Waals surface area contributed by atoms with Crippen LogP contribution in [-0.2, 0) is 4.74 Å².